The van der Waals surface area contributed by atoms with Crippen LogP contribution in [0.1, 0.15) is 36.9 Å². The van der Waals surface area contributed by atoms with E-state index in [2.05, 4.69) is 20.9 Å². The van der Waals surface area contributed by atoms with Crippen LogP contribution < -0.4 is 22.3 Å². The number of nitrogens with zero attached hydrogens (tertiary/aromatic N) is 2. The number of carbonyl (C=O) groups excluding carboxylic acids is 1. The Hall–Kier alpha value is -3.39. The third-order valence-corrected chi connectivity index (χ3v) is 3.99. The molecule has 0 aliphatic carbocycles. The summed E-state index contributed by atoms with van der Waals surface area (Å²) in [4.78, 5) is 16.9. The van der Waals surface area contributed by atoms with E-state index in [4.69, 9.17) is 16.1 Å². The van der Waals surface area contributed by atoms with Crippen LogP contribution in [-0.2, 0) is 5.41 Å². The number of anilines is 3. The average molecular weight is 366 g/mol. The molecule has 0 bridgehead atoms. The Morgan fingerprint density at radius 2 is 1.93 bits per heavy atom. The van der Waals surface area contributed by atoms with Crippen LogP contribution in [-0.4, -0.2) is 16.0 Å². The maximum absolute atomic E-state index is 12.6. The number of benzene rings is 1. The topological polar surface area (TPSA) is 132 Å². The predicted octanol–water partition coefficient (Wildman–Crippen LogP) is 3.15. The van der Waals surface area contributed by atoms with Crippen molar-refractivity contribution in [2.45, 2.75) is 26.2 Å². The van der Waals surface area contributed by atoms with Gasteiger partial charge < -0.3 is 21.0 Å². The van der Waals surface area contributed by atoms with Gasteiger partial charge in [0, 0.05) is 22.6 Å². The van der Waals surface area contributed by atoms with Crippen molar-refractivity contribution in [3.63, 3.8) is 0 Å². The van der Waals surface area contributed by atoms with Gasteiger partial charge in [0.2, 0.25) is 0 Å². The van der Waals surface area contributed by atoms with Crippen LogP contribution in [0.2, 0.25) is 0 Å². The Bertz CT molecular complexity index is 974. The van der Waals surface area contributed by atoms with Crippen molar-refractivity contribution in [2.24, 2.45) is 5.84 Å². The second-order valence-electron chi connectivity index (χ2n) is 7.13. The van der Waals surface area contributed by atoms with E-state index in [1.54, 1.807) is 36.4 Å². The SMILES string of the molecule is CC(C)(C)c1cc(NC(=O)c2cccc(-c3ccc(NN)c(N)n3)c2)no1. The van der Waals surface area contributed by atoms with E-state index in [0.29, 0.717) is 28.5 Å². The van der Waals surface area contributed by atoms with Crippen molar-refractivity contribution in [3.05, 3.63) is 53.8 Å². The lowest BCUT2D eigenvalue weighted by Gasteiger charge is -2.12. The number of hydrazine groups is 1. The number of pyridine rings is 1. The van der Waals surface area contributed by atoms with Gasteiger partial charge in [0.25, 0.3) is 5.91 Å². The zero-order valence-electron chi connectivity index (χ0n) is 15.4. The molecule has 2 heterocycles. The molecule has 0 unspecified atom stereocenters. The molecule has 8 nitrogen and oxygen atoms in total. The minimum atomic E-state index is -0.293. The Balaban J connectivity index is 1.81. The summed E-state index contributed by atoms with van der Waals surface area (Å²) in [5.74, 6) is 6.42. The van der Waals surface area contributed by atoms with Gasteiger partial charge >= 0.3 is 0 Å². The van der Waals surface area contributed by atoms with Gasteiger partial charge in [-0.3, -0.25) is 10.6 Å². The number of aromatic nitrogens is 2. The highest BCUT2D eigenvalue weighted by Crippen LogP contribution is 2.26. The lowest BCUT2D eigenvalue weighted by Crippen LogP contribution is -2.13. The second-order valence-corrected chi connectivity index (χ2v) is 7.13. The molecule has 1 aromatic carbocycles. The molecule has 1 amide bonds. The quantitative estimate of drug-likeness (QED) is 0.412. The van der Waals surface area contributed by atoms with Crippen LogP contribution in [0.4, 0.5) is 17.3 Å². The van der Waals surface area contributed by atoms with Crippen LogP contribution in [0.5, 0.6) is 0 Å². The Morgan fingerprint density at radius 1 is 1.15 bits per heavy atom. The van der Waals surface area contributed by atoms with Gasteiger partial charge in [-0.25, -0.2) is 4.98 Å². The number of hydrogen-bond donors (Lipinski definition) is 4. The molecule has 3 aromatic rings. The molecular formula is C19H22N6O2. The maximum atomic E-state index is 12.6. The molecule has 3 rings (SSSR count). The molecule has 140 valence electrons. The number of nitrogens with one attached hydrogen (secondary N) is 2. The van der Waals surface area contributed by atoms with E-state index >= 15 is 0 Å². The summed E-state index contributed by atoms with van der Waals surface area (Å²) in [5, 5.41) is 6.65. The molecule has 0 aliphatic rings. The van der Waals surface area contributed by atoms with E-state index in [9.17, 15) is 4.79 Å². The second kappa shape index (κ2) is 7.08. The highest BCUT2D eigenvalue weighted by atomic mass is 16.5. The number of nitrogens with two attached hydrogens (primary N) is 2. The molecule has 0 saturated heterocycles. The molecule has 2 aromatic heterocycles. The van der Waals surface area contributed by atoms with Gasteiger partial charge in [-0.05, 0) is 24.3 Å². The molecule has 0 radical (unpaired) electrons. The standard InChI is InChI=1S/C19H22N6O2/c1-19(2,3)15-10-16(25-27-15)23-18(26)12-6-4-5-11(9-12)13-7-8-14(24-21)17(20)22-13/h4-10,24H,21H2,1-3H3,(H2,20,22)(H,23,25,26). The first-order valence-corrected chi connectivity index (χ1v) is 8.40. The maximum Gasteiger partial charge on any atom is 0.256 e. The van der Waals surface area contributed by atoms with Gasteiger partial charge in [0.1, 0.15) is 11.6 Å². The highest BCUT2D eigenvalue weighted by molar-refractivity contribution is 6.04. The highest BCUT2D eigenvalue weighted by Gasteiger charge is 2.20. The summed E-state index contributed by atoms with van der Waals surface area (Å²) in [6.07, 6.45) is 0. The van der Waals surface area contributed by atoms with Gasteiger partial charge in [0.05, 0.1) is 11.4 Å². The molecule has 8 heteroatoms. The number of carbonyl (C=O) groups is 1. The zero-order chi connectivity index (χ0) is 19.6. The van der Waals surface area contributed by atoms with E-state index in [1.807, 2.05) is 26.8 Å². The van der Waals surface area contributed by atoms with Crippen LogP contribution >= 0.6 is 0 Å². The average Bonchev–Trinajstić information content (AvgIpc) is 3.10. The molecule has 0 aliphatic heterocycles. The largest absolute Gasteiger partial charge is 0.382 e. The fraction of sp³-hybridized carbons (Fsp3) is 0.211. The van der Waals surface area contributed by atoms with Crippen molar-refractivity contribution in [3.8, 4) is 11.3 Å². The van der Waals surface area contributed by atoms with Crippen LogP contribution in [0.15, 0.2) is 47.0 Å². The molecule has 27 heavy (non-hydrogen) atoms. The number of amides is 1. The van der Waals surface area contributed by atoms with Gasteiger partial charge in [0.15, 0.2) is 5.82 Å². The summed E-state index contributed by atoms with van der Waals surface area (Å²) in [6.45, 7) is 6.02. The van der Waals surface area contributed by atoms with Crippen molar-refractivity contribution < 1.29 is 9.32 Å². The lowest BCUT2D eigenvalue weighted by atomic mass is 9.93. The van der Waals surface area contributed by atoms with Crippen LogP contribution in [0, 0.1) is 0 Å². The summed E-state index contributed by atoms with van der Waals surface area (Å²) in [5.41, 5.74) is 10.5. The Labute approximate surface area is 156 Å². The van der Waals surface area contributed by atoms with E-state index in [-0.39, 0.29) is 17.1 Å². The minimum absolute atomic E-state index is 0.188. The Kier molecular flexibility index (Phi) is 4.83. The van der Waals surface area contributed by atoms with E-state index in [1.165, 1.54) is 0 Å². The van der Waals surface area contributed by atoms with E-state index < -0.39 is 0 Å². The Morgan fingerprint density at radius 3 is 2.56 bits per heavy atom. The van der Waals surface area contributed by atoms with Crippen molar-refractivity contribution in [1.29, 1.82) is 0 Å². The van der Waals surface area contributed by atoms with Crippen molar-refractivity contribution in [2.75, 3.05) is 16.5 Å². The third-order valence-electron chi connectivity index (χ3n) is 3.99. The lowest BCUT2D eigenvalue weighted by molar-refractivity contribution is 0.102. The summed E-state index contributed by atoms with van der Waals surface area (Å²) < 4.78 is 5.29. The molecular weight excluding hydrogens is 344 g/mol. The smallest absolute Gasteiger partial charge is 0.256 e. The molecule has 0 atom stereocenters. The van der Waals surface area contributed by atoms with Crippen LogP contribution in [0.25, 0.3) is 11.3 Å². The third kappa shape index (κ3) is 4.06. The van der Waals surface area contributed by atoms with E-state index in [0.717, 1.165) is 5.56 Å². The number of nitrogen functional groups attached to an aromatic ring is 2. The number of rotatable bonds is 4. The normalized spacial score (nSPS) is 11.3. The molecule has 0 saturated carbocycles. The predicted molar refractivity (Wildman–Crippen MR) is 105 cm³/mol. The monoisotopic (exact) mass is 366 g/mol. The first-order valence-electron chi connectivity index (χ1n) is 8.40. The van der Waals surface area contributed by atoms with Gasteiger partial charge in [-0.15, -0.1) is 0 Å². The van der Waals surface area contributed by atoms with Crippen LogP contribution in [0.3, 0.4) is 0 Å². The fourth-order valence-corrected chi connectivity index (χ4v) is 2.45. The first-order chi connectivity index (χ1) is 12.8. The first kappa shape index (κ1) is 18.4. The zero-order valence-corrected chi connectivity index (χ0v) is 15.4. The van der Waals surface area contributed by atoms with Crippen molar-refractivity contribution in [1.82, 2.24) is 10.1 Å². The summed E-state index contributed by atoms with van der Waals surface area (Å²) >= 11 is 0. The minimum Gasteiger partial charge on any atom is -0.382 e. The molecule has 0 spiro atoms. The van der Waals surface area contributed by atoms with Gasteiger partial charge in [-0.2, -0.15) is 0 Å². The number of hydrogen-bond acceptors (Lipinski definition) is 7. The molecule has 6 N–H and O–H groups in total. The van der Waals surface area contributed by atoms with Gasteiger partial charge in [-0.1, -0.05) is 38.1 Å². The fourth-order valence-electron chi connectivity index (χ4n) is 2.45. The van der Waals surface area contributed by atoms with Crippen molar-refractivity contribution >= 4 is 23.2 Å². The summed E-state index contributed by atoms with van der Waals surface area (Å²) in [6, 6.07) is 12.3. The molecule has 0 fully saturated rings. The summed E-state index contributed by atoms with van der Waals surface area (Å²) in [7, 11) is 0.